The largest absolute Gasteiger partial charge is 0.393 e. The Labute approximate surface area is 134 Å². The van der Waals surface area contributed by atoms with Crippen LogP contribution < -0.4 is 0 Å². The van der Waals surface area contributed by atoms with Gasteiger partial charge < -0.3 is 5.11 Å². The third kappa shape index (κ3) is 1.79. The van der Waals surface area contributed by atoms with Gasteiger partial charge in [0.25, 0.3) is 0 Å². The van der Waals surface area contributed by atoms with E-state index in [1.165, 1.54) is 31.3 Å². The lowest BCUT2D eigenvalue weighted by molar-refractivity contribution is -0.122. The number of ketones is 1. The standard InChI is InChI=1S/C20H30O2/c1-12-11-20(3)13(10-17(12)21)4-5-14-15-6-7-18(22)19(15,2)9-8-16(14)20/h10,12,14-16,18,22H,4-9,11H2,1-3H3/t12-,14?,15?,16?,18?,19+,20+/m1/s1. The molecule has 0 spiro atoms. The van der Waals surface area contributed by atoms with Gasteiger partial charge in [-0.1, -0.05) is 26.3 Å². The molecular weight excluding hydrogens is 272 g/mol. The average Bonchev–Trinajstić information content (AvgIpc) is 2.77. The molecule has 3 saturated carbocycles. The summed E-state index contributed by atoms with van der Waals surface area (Å²) < 4.78 is 0. The molecule has 122 valence electrons. The quantitative estimate of drug-likeness (QED) is 0.730. The zero-order valence-corrected chi connectivity index (χ0v) is 14.3. The number of carbonyl (C=O) groups is 1. The van der Waals surface area contributed by atoms with Crippen LogP contribution in [0.5, 0.6) is 0 Å². The molecule has 0 aromatic heterocycles. The van der Waals surface area contributed by atoms with E-state index in [-0.39, 0.29) is 22.9 Å². The van der Waals surface area contributed by atoms with E-state index in [9.17, 15) is 9.90 Å². The molecule has 0 amide bonds. The van der Waals surface area contributed by atoms with Crippen LogP contribution >= 0.6 is 0 Å². The van der Waals surface area contributed by atoms with Crippen molar-refractivity contribution in [1.82, 2.24) is 0 Å². The van der Waals surface area contributed by atoms with Crippen LogP contribution in [-0.2, 0) is 4.79 Å². The Balaban J connectivity index is 1.70. The van der Waals surface area contributed by atoms with Gasteiger partial charge >= 0.3 is 0 Å². The van der Waals surface area contributed by atoms with Crippen LogP contribution in [-0.4, -0.2) is 17.0 Å². The van der Waals surface area contributed by atoms with Gasteiger partial charge in [0.05, 0.1) is 6.10 Å². The van der Waals surface area contributed by atoms with E-state index < -0.39 is 0 Å². The van der Waals surface area contributed by atoms with E-state index >= 15 is 0 Å². The topological polar surface area (TPSA) is 37.3 Å². The molecule has 0 aliphatic heterocycles. The molecule has 22 heavy (non-hydrogen) atoms. The number of aliphatic hydroxyl groups excluding tert-OH is 1. The molecule has 0 aromatic rings. The minimum Gasteiger partial charge on any atom is -0.393 e. The Hall–Kier alpha value is -0.630. The zero-order chi connectivity index (χ0) is 15.7. The summed E-state index contributed by atoms with van der Waals surface area (Å²) in [6.45, 7) is 6.88. The SMILES string of the molecule is C[C@@H]1C[C@@]2(C)C(=CC1=O)CCC1C3CCC(O)[C@@]3(C)CCC12. The maximum absolute atomic E-state index is 12.1. The van der Waals surface area contributed by atoms with Gasteiger partial charge in [0.2, 0.25) is 0 Å². The van der Waals surface area contributed by atoms with E-state index in [0.29, 0.717) is 11.7 Å². The van der Waals surface area contributed by atoms with Gasteiger partial charge in [-0.15, -0.1) is 0 Å². The summed E-state index contributed by atoms with van der Waals surface area (Å²) in [6, 6.07) is 0. The number of aliphatic hydroxyl groups is 1. The fourth-order valence-corrected chi connectivity index (χ4v) is 6.87. The molecule has 0 aromatic carbocycles. The first-order valence-corrected chi connectivity index (χ1v) is 9.29. The number of allylic oxidation sites excluding steroid dienone is 1. The van der Waals surface area contributed by atoms with Gasteiger partial charge in [-0.05, 0) is 79.6 Å². The molecule has 4 rings (SSSR count). The summed E-state index contributed by atoms with van der Waals surface area (Å²) in [6.07, 6.45) is 9.93. The second-order valence-corrected chi connectivity index (χ2v) is 9.15. The maximum Gasteiger partial charge on any atom is 0.158 e. The third-order valence-electron chi connectivity index (χ3n) is 8.22. The molecule has 0 radical (unpaired) electrons. The summed E-state index contributed by atoms with van der Waals surface area (Å²) in [7, 11) is 0. The second-order valence-electron chi connectivity index (χ2n) is 9.15. The van der Waals surface area contributed by atoms with Crippen LogP contribution in [0, 0.1) is 34.5 Å². The lowest BCUT2D eigenvalue weighted by Crippen LogP contribution is -2.52. The van der Waals surface area contributed by atoms with E-state index in [0.717, 1.165) is 31.1 Å². The number of rotatable bonds is 0. The summed E-state index contributed by atoms with van der Waals surface area (Å²) >= 11 is 0. The van der Waals surface area contributed by atoms with E-state index in [4.69, 9.17) is 0 Å². The summed E-state index contributed by atoms with van der Waals surface area (Å²) in [5.41, 5.74) is 1.85. The predicted molar refractivity (Wildman–Crippen MR) is 87.3 cm³/mol. The highest BCUT2D eigenvalue weighted by Gasteiger charge is 2.59. The van der Waals surface area contributed by atoms with E-state index in [1.807, 2.05) is 6.08 Å². The first-order chi connectivity index (χ1) is 10.4. The third-order valence-corrected chi connectivity index (χ3v) is 8.22. The molecule has 4 aliphatic carbocycles. The minimum atomic E-state index is -0.0879. The lowest BCUT2D eigenvalue weighted by atomic mass is 9.47. The number of fused-ring (bicyclic) bond motifs is 5. The molecule has 4 aliphatic rings. The van der Waals surface area contributed by atoms with Gasteiger partial charge in [-0.2, -0.15) is 0 Å². The molecule has 2 heteroatoms. The van der Waals surface area contributed by atoms with Crippen molar-refractivity contribution in [3.63, 3.8) is 0 Å². The Morgan fingerprint density at radius 2 is 1.91 bits per heavy atom. The van der Waals surface area contributed by atoms with Gasteiger partial charge in [-0.25, -0.2) is 0 Å². The molecule has 1 N–H and O–H groups in total. The molecule has 4 unspecified atom stereocenters. The minimum absolute atomic E-state index is 0.0879. The highest BCUT2D eigenvalue weighted by molar-refractivity contribution is 5.93. The smallest absolute Gasteiger partial charge is 0.158 e. The first-order valence-electron chi connectivity index (χ1n) is 9.29. The van der Waals surface area contributed by atoms with Crippen molar-refractivity contribution in [2.24, 2.45) is 34.5 Å². The average molecular weight is 302 g/mol. The molecular formula is C20H30O2. The Morgan fingerprint density at radius 3 is 2.68 bits per heavy atom. The zero-order valence-electron chi connectivity index (χ0n) is 14.3. The second kappa shape index (κ2) is 4.69. The van der Waals surface area contributed by atoms with E-state index in [2.05, 4.69) is 20.8 Å². The summed E-state index contributed by atoms with van der Waals surface area (Å²) in [4.78, 5) is 12.1. The monoisotopic (exact) mass is 302 g/mol. The van der Waals surface area contributed by atoms with Crippen LogP contribution in [0.1, 0.15) is 65.7 Å². The number of carbonyl (C=O) groups excluding carboxylic acids is 1. The molecule has 3 fully saturated rings. The van der Waals surface area contributed by atoms with Crippen molar-refractivity contribution in [3.05, 3.63) is 11.6 Å². The van der Waals surface area contributed by atoms with Crippen LogP contribution in [0.15, 0.2) is 11.6 Å². The van der Waals surface area contributed by atoms with Crippen LogP contribution in [0.4, 0.5) is 0 Å². The van der Waals surface area contributed by atoms with Crippen molar-refractivity contribution in [1.29, 1.82) is 0 Å². The Morgan fingerprint density at radius 1 is 1.14 bits per heavy atom. The predicted octanol–water partition coefficient (Wildman–Crippen LogP) is 4.13. The summed E-state index contributed by atoms with van der Waals surface area (Å²) in [5, 5.41) is 10.5. The normalized spacial score (nSPS) is 54.3. The van der Waals surface area contributed by atoms with Crippen molar-refractivity contribution >= 4 is 5.78 Å². The molecule has 0 heterocycles. The van der Waals surface area contributed by atoms with Crippen molar-refractivity contribution in [2.75, 3.05) is 0 Å². The van der Waals surface area contributed by atoms with Crippen LogP contribution in [0.2, 0.25) is 0 Å². The number of hydrogen-bond acceptors (Lipinski definition) is 2. The van der Waals surface area contributed by atoms with E-state index in [1.54, 1.807) is 0 Å². The van der Waals surface area contributed by atoms with Crippen LogP contribution in [0.25, 0.3) is 0 Å². The number of hydrogen-bond donors (Lipinski definition) is 1. The molecule has 7 atom stereocenters. The highest BCUT2D eigenvalue weighted by Crippen LogP contribution is 2.65. The highest BCUT2D eigenvalue weighted by atomic mass is 16.3. The summed E-state index contributed by atoms with van der Waals surface area (Å²) in [5.74, 6) is 2.73. The first kappa shape index (κ1) is 14.9. The van der Waals surface area contributed by atoms with Gasteiger partial charge in [0.1, 0.15) is 0 Å². The Bertz CT molecular complexity index is 536. The maximum atomic E-state index is 12.1. The van der Waals surface area contributed by atoms with Crippen molar-refractivity contribution in [2.45, 2.75) is 71.8 Å². The van der Waals surface area contributed by atoms with Gasteiger partial charge in [0, 0.05) is 5.92 Å². The fraction of sp³-hybridized carbons (Fsp3) is 0.850. The molecule has 0 bridgehead atoms. The van der Waals surface area contributed by atoms with Crippen LogP contribution in [0.3, 0.4) is 0 Å². The van der Waals surface area contributed by atoms with Gasteiger partial charge in [0.15, 0.2) is 5.78 Å². The van der Waals surface area contributed by atoms with Crippen molar-refractivity contribution in [3.8, 4) is 0 Å². The Kier molecular flexibility index (Phi) is 3.18. The fourth-order valence-electron chi connectivity index (χ4n) is 6.87. The molecule has 0 saturated heterocycles. The van der Waals surface area contributed by atoms with Crippen molar-refractivity contribution < 1.29 is 9.90 Å². The van der Waals surface area contributed by atoms with Gasteiger partial charge in [-0.3, -0.25) is 4.79 Å². The molecule has 2 nitrogen and oxygen atoms in total. The lowest BCUT2D eigenvalue weighted by Gasteiger charge is -2.58.